The number of amides is 1. The monoisotopic (exact) mass is 289 g/mol. The summed E-state index contributed by atoms with van der Waals surface area (Å²) in [5.41, 5.74) is 7.83. The first-order valence-electron chi connectivity index (χ1n) is 7.00. The van der Waals surface area contributed by atoms with Crippen molar-refractivity contribution in [2.75, 3.05) is 25.5 Å². The molecule has 0 aliphatic carbocycles. The first kappa shape index (κ1) is 13.9. The third-order valence-electron chi connectivity index (χ3n) is 3.85. The standard InChI is InChI=1S/C15H19N3O3/c1-9-8-21-12(7-19)6-18(9)15(20)14-5-10-4-11(16)2-3-13(10)17-14/h2-5,9,12,17,19H,6-8,16H2,1H3. The predicted octanol–water partition coefficient (Wildman–Crippen LogP) is 0.972. The Kier molecular flexibility index (Phi) is 3.57. The second kappa shape index (κ2) is 5.38. The van der Waals surface area contributed by atoms with E-state index in [0.717, 1.165) is 10.9 Å². The normalized spacial score (nSPS) is 22.7. The molecule has 1 saturated heterocycles. The lowest BCUT2D eigenvalue weighted by Crippen LogP contribution is -2.52. The Hall–Kier alpha value is -2.05. The molecule has 2 aromatic rings. The zero-order chi connectivity index (χ0) is 15.0. The largest absolute Gasteiger partial charge is 0.399 e. The van der Waals surface area contributed by atoms with E-state index in [4.69, 9.17) is 10.5 Å². The molecule has 1 aliphatic heterocycles. The van der Waals surface area contributed by atoms with Gasteiger partial charge in [-0.05, 0) is 31.2 Å². The number of nitrogens with one attached hydrogen (secondary N) is 1. The van der Waals surface area contributed by atoms with Gasteiger partial charge in [-0.2, -0.15) is 0 Å². The number of aromatic nitrogens is 1. The minimum Gasteiger partial charge on any atom is -0.399 e. The molecule has 2 atom stereocenters. The fourth-order valence-electron chi connectivity index (χ4n) is 2.63. The van der Waals surface area contributed by atoms with Crippen LogP contribution in [0.5, 0.6) is 0 Å². The smallest absolute Gasteiger partial charge is 0.270 e. The fraction of sp³-hybridized carbons (Fsp3) is 0.400. The first-order valence-corrected chi connectivity index (χ1v) is 7.00. The van der Waals surface area contributed by atoms with Crippen molar-refractivity contribution in [2.24, 2.45) is 0 Å². The highest BCUT2D eigenvalue weighted by Gasteiger charge is 2.30. The Labute approximate surface area is 122 Å². The molecule has 2 heterocycles. The lowest BCUT2D eigenvalue weighted by molar-refractivity contribution is -0.0668. The number of ether oxygens (including phenoxy) is 1. The molecule has 0 spiro atoms. The van der Waals surface area contributed by atoms with Gasteiger partial charge in [0.25, 0.3) is 5.91 Å². The number of fused-ring (bicyclic) bond motifs is 1. The quantitative estimate of drug-likeness (QED) is 0.718. The SMILES string of the molecule is CC1COC(CO)CN1C(=O)c1cc2cc(N)ccc2[nH]1. The van der Waals surface area contributed by atoms with Crippen molar-refractivity contribution in [2.45, 2.75) is 19.1 Å². The van der Waals surface area contributed by atoms with Crippen LogP contribution in [0.1, 0.15) is 17.4 Å². The van der Waals surface area contributed by atoms with Crippen LogP contribution in [0.15, 0.2) is 24.3 Å². The maximum atomic E-state index is 12.7. The number of carbonyl (C=O) groups is 1. The number of rotatable bonds is 2. The van der Waals surface area contributed by atoms with Crippen molar-refractivity contribution in [3.63, 3.8) is 0 Å². The number of nitrogens with zero attached hydrogens (tertiary/aromatic N) is 1. The van der Waals surface area contributed by atoms with E-state index in [9.17, 15) is 9.90 Å². The number of hydrogen-bond donors (Lipinski definition) is 3. The second-order valence-electron chi connectivity index (χ2n) is 5.47. The third kappa shape index (κ3) is 2.59. The summed E-state index contributed by atoms with van der Waals surface area (Å²) < 4.78 is 5.46. The Bertz CT molecular complexity index is 667. The third-order valence-corrected chi connectivity index (χ3v) is 3.85. The van der Waals surface area contributed by atoms with Gasteiger partial charge in [-0.15, -0.1) is 0 Å². The van der Waals surface area contributed by atoms with Gasteiger partial charge in [0.05, 0.1) is 25.4 Å². The summed E-state index contributed by atoms with van der Waals surface area (Å²) >= 11 is 0. The van der Waals surface area contributed by atoms with Gasteiger partial charge in [-0.25, -0.2) is 0 Å². The van der Waals surface area contributed by atoms with Gasteiger partial charge in [0.2, 0.25) is 0 Å². The van der Waals surface area contributed by atoms with E-state index >= 15 is 0 Å². The van der Waals surface area contributed by atoms with Crippen molar-refractivity contribution in [1.82, 2.24) is 9.88 Å². The highest BCUT2D eigenvalue weighted by Crippen LogP contribution is 2.21. The van der Waals surface area contributed by atoms with Gasteiger partial charge in [-0.1, -0.05) is 0 Å². The van der Waals surface area contributed by atoms with Gasteiger partial charge in [-0.3, -0.25) is 4.79 Å². The van der Waals surface area contributed by atoms with E-state index in [1.165, 1.54) is 0 Å². The molecule has 3 rings (SSSR count). The summed E-state index contributed by atoms with van der Waals surface area (Å²) in [5.74, 6) is -0.0842. The molecule has 1 aromatic heterocycles. The molecule has 1 fully saturated rings. The molecule has 1 aliphatic rings. The molecule has 6 nitrogen and oxygen atoms in total. The van der Waals surface area contributed by atoms with Crippen LogP contribution in [-0.2, 0) is 4.74 Å². The summed E-state index contributed by atoms with van der Waals surface area (Å²) in [6, 6.07) is 7.29. The molecule has 4 N–H and O–H groups in total. The molecule has 1 aromatic carbocycles. The minimum atomic E-state index is -0.315. The van der Waals surface area contributed by atoms with Crippen LogP contribution >= 0.6 is 0 Å². The van der Waals surface area contributed by atoms with Gasteiger partial charge in [0, 0.05) is 23.1 Å². The number of aliphatic hydroxyl groups excluding tert-OH is 1. The second-order valence-corrected chi connectivity index (χ2v) is 5.47. The average molecular weight is 289 g/mol. The van der Waals surface area contributed by atoms with Crippen molar-refractivity contribution < 1.29 is 14.6 Å². The minimum absolute atomic E-state index is 0.0169. The number of H-pyrrole nitrogens is 1. The van der Waals surface area contributed by atoms with Crippen molar-refractivity contribution in [3.05, 3.63) is 30.0 Å². The number of hydrogen-bond acceptors (Lipinski definition) is 4. The maximum Gasteiger partial charge on any atom is 0.270 e. The van der Waals surface area contributed by atoms with Crippen LogP contribution in [-0.4, -0.2) is 52.8 Å². The molecular weight excluding hydrogens is 270 g/mol. The Morgan fingerprint density at radius 2 is 2.33 bits per heavy atom. The number of morpholine rings is 1. The van der Waals surface area contributed by atoms with Crippen LogP contribution in [0, 0.1) is 0 Å². The van der Waals surface area contributed by atoms with E-state index in [-0.39, 0.29) is 24.7 Å². The van der Waals surface area contributed by atoms with Crippen LogP contribution in [0.25, 0.3) is 10.9 Å². The molecular formula is C15H19N3O3. The molecule has 0 saturated carbocycles. The van der Waals surface area contributed by atoms with Gasteiger partial charge in [0.15, 0.2) is 0 Å². The number of aliphatic hydroxyl groups is 1. The molecule has 2 unspecified atom stereocenters. The Morgan fingerprint density at radius 3 is 3.10 bits per heavy atom. The fourth-order valence-corrected chi connectivity index (χ4v) is 2.63. The van der Waals surface area contributed by atoms with Gasteiger partial charge < -0.3 is 25.5 Å². The van der Waals surface area contributed by atoms with E-state index in [2.05, 4.69) is 4.98 Å². The van der Waals surface area contributed by atoms with E-state index < -0.39 is 0 Å². The lowest BCUT2D eigenvalue weighted by Gasteiger charge is -2.37. The zero-order valence-corrected chi connectivity index (χ0v) is 11.9. The number of anilines is 1. The number of aromatic amines is 1. The summed E-state index contributed by atoms with van der Waals surface area (Å²) in [6.07, 6.45) is -0.315. The summed E-state index contributed by atoms with van der Waals surface area (Å²) in [7, 11) is 0. The molecule has 1 amide bonds. The molecule has 0 bridgehead atoms. The summed E-state index contributed by atoms with van der Waals surface area (Å²) in [6.45, 7) is 2.68. The number of carbonyl (C=O) groups excluding carboxylic acids is 1. The van der Waals surface area contributed by atoms with Crippen LogP contribution in [0.4, 0.5) is 5.69 Å². The number of nitrogens with two attached hydrogens (primary N) is 1. The highest BCUT2D eigenvalue weighted by atomic mass is 16.5. The lowest BCUT2D eigenvalue weighted by atomic mass is 10.1. The van der Waals surface area contributed by atoms with E-state index in [0.29, 0.717) is 24.5 Å². The maximum absolute atomic E-state index is 12.7. The highest BCUT2D eigenvalue weighted by molar-refractivity contribution is 5.98. The van der Waals surface area contributed by atoms with E-state index in [1.54, 1.807) is 11.0 Å². The van der Waals surface area contributed by atoms with Crippen molar-refractivity contribution in [3.8, 4) is 0 Å². The first-order chi connectivity index (χ1) is 10.1. The number of benzene rings is 1. The zero-order valence-electron chi connectivity index (χ0n) is 11.9. The Balaban J connectivity index is 1.88. The predicted molar refractivity (Wildman–Crippen MR) is 80.0 cm³/mol. The molecule has 6 heteroatoms. The van der Waals surface area contributed by atoms with Gasteiger partial charge in [0.1, 0.15) is 5.69 Å². The Morgan fingerprint density at radius 1 is 1.52 bits per heavy atom. The van der Waals surface area contributed by atoms with Crippen molar-refractivity contribution >= 4 is 22.5 Å². The van der Waals surface area contributed by atoms with Crippen LogP contribution < -0.4 is 5.73 Å². The summed E-state index contributed by atoms with van der Waals surface area (Å²) in [5, 5.41) is 10.1. The van der Waals surface area contributed by atoms with Crippen LogP contribution in [0.2, 0.25) is 0 Å². The average Bonchev–Trinajstić information content (AvgIpc) is 2.90. The number of nitrogen functional groups attached to an aromatic ring is 1. The van der Waals surface area contributed by atoms with E-state index in [1.807, 2.05) is 25.1 Å². The summed E-state index contributed by atoms with van der Waals surface area (Å²) in [4.78, 5) is 17.5. The van der Waals surface area contributed by atoms with Crippen molar-refractivity contribution in [1.29, 1.82) is 0 Å². The van der Waals surface area contributed by atoms with Crippen LogP contribution in [0.3, 0.4) is 0 Å². The molecule has 112 valence electrons. The topological polar surface area (TPSA) is 91.6 Å². The molecule has 21 heavy (non-hydrogen) atoms. The van der Waals surface area contributed by atoms with Gasteiger partial charge >= 0.3 is 0 Å². The molecule has 0 radical (unpaired) electrons.